The van der Waals surface area contributed by atoms with Crippen molar-refractivity contribution in [2.24, 2.45) is 0 Å². The molecule has 0 bridgehead atoms. The van der Waals surface area contributed by atoms with E-state index in [2.05, 4.69) is 10.1 Å². The Balaban J connectivity index is 2.13. The Hall–Kier alpha value is -3.27. The van der Waals surface area contributed by atoms with E-state index in [1.807, 2.05) is 13.0 Å². The Morgan fingerprint density at radius 2 is 2.12 bits per heavy atom. The highest BCUT2D eigenvalue weighted by atomic mass is 19.1. The summed E-state index contributed by atoms with van der Waals surface area (Å²) in [5.41, 5.74) is 2.27. The van der Waals surface area contributed by atoms with Crippen LogP contribution in [0.2, 0.25) is 0 Å². The van der Waals surface area contributed by atoms with Crippen LogP contribution in [0, 0.1) is 17.1 Å². The number of carbonyl (C=O) groups excluding carboxylic acids is 1. The van der Waals surface area contributed by atoms with Crippen LogP contribution in [-0.4, -0.2) is 27.2 Å². The van der Waals surface area contributed by atoms with E-state index in [1.54, 1.807) is 23.6 Å². The van der Waals surface area contributed by atoms with Crippen molar-refractivity contribution in [1.29, 1.82) is 5.26 Å². The molecular weight excluding hydrogens is 323 g/mol. The molecule has 3 rings (SSSR count). The number of aromatic nitrogens is 3. The number of rotatable bonds is 4. The van der Waals surface area contributed by atoms with Crippen molar-refractivity contribution in [3.05, 3.63) is 53.1 Å². The predicted molar refractivity (Wildman–Crippen MR) is 88.4 cm³/mol. The van der Waals surface area contributed by atoms with Crippen LogP contribution in [-0.2, 0) is 11.2 Å². The predicted octanol–water partition coefficient (Wildman–Crippen LogP) is 3.15. The summed E-state index contributed by atoms with van der Waals surface area (Å²) in [5, 5.41) is 13.2. The number of hydrogen-bond acceptors (Lipinski definition) is 5. The summed E-state index contributed by atoms with van der Waals surface area (Å²) in [6, 6.07) is 9.32. The summed E-state index contributed by atoms with van der Waals surface area (Å²) < 4.78 is 20.8. The Morgan fingerprint density at radius 3 is 2.76 bits per heavy atom. The molecule has 0 fully saturated rings. The lowest BCUT2D eigenvalue weighted by Crippen LogP contribution is -2.10. The summed E-state index contributed by atoms with van der Waals surface area (Å²) in [7, 11) is 0. The van der Waals surface area contributed by atoms with E-state index in [4.69, 9.17) is 10.00 Å². The molecule has 0 radical (unpaired) electrons. The molecule has 25 heavy (non-hydrogen) atoms. The van der Waals surface area contributed by atoms with Gasteiger partial charge >= 0.3 is 5.97 Å². The summed E-state index contributed by atoms with van der Waals surface area (Å²) in [4.78, 5) is 16.2. The molecular formula is C18H15FN4O2. The van der Waals surface area contributed by atoms with Crippen LogP contribution in [0.4, 0.5) is 4.39 Å². The first-order chi connectivity index (χ1) is 12.1. The third kappa shape index (κ3) is 3.06. The highest BCUT2D eigenvalue weighted by Crippen LogP contribution is 2.24. The normalized spacial score (nSPS) is 10.6. The number of aryl methyl sites for hydroxylation is 1. The second-order valence-electron chi connectivity index (χ2n) is 5.31. The molecule has 2 heterocycles. The summed E-state index contributed by atoms with van der Waals surface area (Å²) in [6.07, 6.45) is 0.613. The Labute approximate surface area is 143 Å². The van der Waals surface area contributed by atoms with Gasteiger partial charge in [-0.05, 0) is 37.6 Å². The van der Waals surface area contributed by atoms with Crippen LogP contribution in [0.5, 0.6) is 0 Å². The molecule has 0 atom stereocenters. The molecule has 7 heteroatoms. The fourth-order valence-corrected chi connectivity index (χ4v) is 2.52. The number of carbonyl (C=O) groups is 1. The quantitative estimate of drug-likeness (QED) is 0.683. The average Bonchev–Trinajstić information content (AvgIpc) is 3.04. The minimum atomic E-state index is -0.536. The lowest BCUT2D eigenvalue weighted by atomic mass is 10.1. The monoisotopic (exact) mass is 338 g/mol. The van der Waals surface area contributed by atoms with E-state index in [1.165, 1.54) is 12.1 Å². The third-order valence-electron chi connectivity index (χ3n) is 3.72. The van der Waals surface area contributed by atoms with Gasteiger partial charge in [0.25, 0.3) is 0 Å². The first-order valence-corrected chi connectivity index (χ1v) is 7.84. The minimum Gasteiger partial charge on any atom is -0.461 e. The maximum absolute atomic E-state index is 14.2. The standard InChI is InChI=1S/C18H15FN4O2/c1-3-12-8-16(18(24)25-4-2)21-17-9-15(22-23(12)17)13-6-5-11(10-20)7-14(13)19/h5-9H,3-4H2,1-2H3. The second kappa shape index (κ2) is 6.69. The molecule has 0 N–H and O–H groups in total. The SMILES string of the molecule is CCOC(=O)c1cc(CC)n2nc(-c3ccc(C#N)cc3F)cc2n1. The van der Waals surface area contributed by atoms with Crippen LogP contribution in [0.25, 0.3) is 16.9 Å². The van der Waals surface area contributed by atoms with Crippen LogP contribution in [0.3, 0.4) is 0 Å². The number of nitriles is 1. The van der Waals surface area contributed by atoms with Gasteiger partial charge in [0.05, 0.1) is 23.9 Å². The number of benzene rings is 1. The van der Waals surface area contributed by atoms with Crippen molar-refractivity contribution in [3.63, 3.8) is 0 Å². The summed E-state index contributed by atoms with van der Waals surface area (Å²) >= 11 is 0. The largest absolute Gasteiger partial charge is 0.461 e. The minimum absolute atomic E-state index is 0.193. The van der Waals surface area contributed by atoms with E-state index in [0.717, 1.165) is 11.8 Å². The van der Waals surface area contributed by atoms with E-state index in [0.29, 0.717) is 17.8 Å². The number of ether oxygens (including phenoxy) is 1. The molecule has 126 valence electrons. The molecule has 6 nitrogen and oxygen atoms in total. The van der Waals surface area contributed by atoms with Gasteiger partial charge in [-0.1, -0.05) is 6.92 Å². The van der Waals surface area contributed by atoms with Crippen molar-refractivity contribution in [3.8, 4) is 17.3 Å². The van der Waals surface area contributed by atoms with E-state index < -0.39 is 11.8 Å². The van der Waals surface area contributed by atoms with E-state index in [-0.39, 0.29) is 23.4 Å². The Kier molecular flexibility index (Phi) is 4.44. The molecule has 1 aromatic carbocycles. The molecule has 0 aliphatic rings. The van der Waals surface area contributed by atoms with Gasteiger partial charge in [0.15, 0.2) is 11.3 Å². The van der Waals surface area contributed by atoms with Crippen molar-refractivity contribution in [2.75, 3.05) is 6.61 Å². The topological polar surface area (TPSA) is 80.3 Å². The lowest BCUT2D eigenvalue weighted by molar-refractivity contribution is 0.0519. The summed E-state index contributed by atoms with van der Waals surface area (Å²) in [6.45, 7) is 3.91. The van der Waals surface area contributed by atoms with Gasteiger partial charge in [0.2, 0.25) is 0 Å². The van der Waals surface area contributed by atoms with Crippen molar-refractivity contribution in [1.82, 2.24) is 14.6 Å². The molecule has 0 saturated heterocycles. The van der Waals surface area contributed by atoms with Crippen LogP contribution in [0.1, 0.15) is 35.6 Å². The van der Waals surface area contributed by atoms with Gasteiger partial charge in [-0.3, -0.25) is 0 Å². The summed E-state index contributed by atoms with van der Waals surface area (Å²) in [5.74, 6) is -1.04. The molecule has 0 amide bonds. The maximum Gasteiger partial charge on any atom is 0.357 e. The maximum atomic E-state index is 14.2. The van der Waals surface area contributed by atoms with Gasteiger partial charge in [0.1, 0.15) is 5.82 Å². The van der Waals surface area contributed by atoms with Crippen LogP contribution >= 0.6 is 0 Å². The molecule has 0 aliphatic heterocycles. The van der Waals surface area contributed by atoms with Gasteiger partial charge in [-0.15, -0.1) is 0 Å². The molecule has 0 saturated carbocycles. The second-order valence-corrected chi connectivity index (χ2v) is 5.31. The number of fused-ring (bicyclic) bond motifs is 1. The highest BCUT2D eigenvalue weighted by Gasteiger charge is 2.16. The number of halogens is 1. The first-order valence-electron chi connectivity index (χ1n) is 7.84. The fraction of sp³-hybridized carbons (Fsp3) is 0.222. The number of nitrogens with zero attached hydrogens (tertiary/aromatic N) is 4. The molecule has 0 unspecified atom stereocenters. The van der Waals surface area contributed by atoms with Gasteiger partial charge < -0.3 is 4.74 Å². The fourth-order valence-electron chi connectivity index (χ4n) is 2.52. The zero-order chi connectivity index (χ0) is 18.0. The van der Waals surface area contributed by atoms with Crippen molar-refractivity contribution < 1.29 is 13.9 Å². The number of hydrogen-bond donors (Lipinski definition) is 0. The van der Waals surface area contributed by atoms with Gasteiger partial charge in [-0.25, -0.2) is 18.7 Å². The lowest BCUT2D eigenvalue weighted by Gasteiger charge is -2.05. The van der Waals surface area contributed by atoms with Crippen molar-refractivity contribution in [2.45, 2.75) is 20.3 Å². The van der Waals surface area contributed by atoms with Gasteiger partial charge in [-0.2, -0.15) is 10.4 Å². The van der Waals surface area contributed by atoms with Crippen molar-refractivity contribution >= 4 is 11.6 Å². The first kappa shape index (κ1) is 16.6. The number of esters is 1. The van der Waals surface area contributed by atoms with Crippen LogP contribution < -0.4 is 0 Å². The Bertz CT molecular complexity index is 1000. The average molecular weight is 338 g/mol. The molecule has 0 aliphatic carbocycles. The van der Waals surface area contributed by atoms with Crippen LogP contribution in [0.15, 0.2) is 30.3 Å². The zero-order valence-corrected chi connectivity index (χ0v) is 13.8. The molecule has 2 aromatic heterocycles. The smallest absolute Gasteiger partial charge is 0.357 e. The Morgan fingerprint density at radius 1 is 1.32 bits per heavy atom. The van der Waals surface area contributed by atoms with Gasteiger partial charge in [0, 0.05) is 17.3 Å². The molecule has 0 spiro atoms. The van der Waals surface area contributed by atoms with E-state index in [9.17, 15) is 9.18 Å². The van der Waals surface area contributed by atoms with E-state index >= 15 is 0 Å². The highest BCUT2D eigenvalue weighted by molar-refractivity contribution is 5.88. The molecule has 3 aromatic rings. The zero-order valence-electron chi connectivity index (χ0n) is 13.8. The third-order valence-corrected chi connectivity index (χ3v) is 3.72.